The summed E-state index contributed by atoms with van der Waals surface area (Å²) in [4.78, 5) is 11.7. The fraction of sp³-hybridized carbons (Fsp3) is 0.500. The van der Waals surface area contributed by atoms with E-state index in [4.69, 9.17) is 28.9 Å². The van der Waals surface area contributed by atoms with Crippen molar-refractivity contribution in [2.45, 2.75) is 32.7 Å². The molecule has 0 saturated carbocycles. The molecule has 0 aliphatic carbocycles. The summed E-state index contributed by atoms with van der Waals surface area (Å²) < 4.78 is 0. The van der Waals surface area contributed by atoms with E-state index in [-0.39, 0.29) is 5.91 Å². The first kappa shape index (κ1) is 16.3. The largest absolute Gasteiger partial charge is 0.354 e. The lowest BCUT2D eigenvalue weighted by molar-refractivity contribution is -0.122. The molecule has 0 spiro atoms. The van der Waals surface area contributed by atoms with E-state index in [9.17, 15) is 4.79 Å². The Hall–Kier alpha value is -0.770. The maximum Gasteiger partial charge on any atom is 0.236 e. The minimum absolute atomic E-state index is 0.112. The second-order valence-corrected chi connectivity index (χ2v) is 5.86. The van der Waals surface area contributed by atoms with Crippen LogP contribution in [0.1, 0.15) is 25.8 Å². The van der Waals surface area contributed by atoms with E-state index < -0.39 is 6.04 Å². The summed E-state index contributed by atoms with van der Waals surface area (Å²) in [5, 5.41) is 4.05. The lowest BCUT2D eigenvalue weighted by Crippen LogP contribution is -2.42. The Kier molecular flexibility index (Phi) is 6.63. The molecule has 0 radical (unpaired) electrons. The van der Waals surface area contributed by atoms with Gasteiger partial charge in [-0.05, 0) is 36.5 Å². The van der Waals surface area contributed by atoms with Gasteiger partial charge in [0.2, 0.25) is 5.91 Å². The number of nitrogens with one attached hydrogen (secondary N) is 1. The van der Waals surface area contributed by atoms with Crippen LogP contribution in [0.4, 0.5) is 0 Å². The average Bonchev–Trinajstić information content (AvgIpc) is 2.30. The summed E-state index contributed by atoms with van der Waals surface area (Å²) in [6, 6.07) is 4.91. The van der Waals surface area contributed by atoms with E-state index in [0.29, 0.717) is 35.3 Å². The minimum Gasteiger partial charge on any atom is -0.354 e. The van der Waals surface area contributed by atoms with Crippen molar-refractivity contribution >= 4 is 29.1 Å². The van der Waals surface area contributed by atoms with Crippen LogP contribution in [0.25, 0.3) is 0 Å². The van der Waals surface area contributed by atoms with Gasteiger partial charge in [-0.15, -0.1) is 0 Å². The Morgan fingerprint density at radius 3 is 2.63 bits per heavy atom. The minimum atomic E-state index is -0.444. The molecule has 3 nitrogen and oxygen atoms in total. The SMILES string of the molecule is CC(C)C[C@H](N)C(=O)NCCc1ccc(Cl)cc1Cl. The third-order valence-corrected chi connectivity index (χ3v) is 3.36. The molecule has 1 amide bonds. The van der Waals surface area contributed by atoms with Crippen molar-refractivity contribution < 1.29 is 4.79 Å². The molecule has 1 aromatic carbocycles. The van der Waals surface area contributed by atoms with Crippen LogP contribution in [-0.4, -0.2) is 18.5 Å². The zero-order valence-corrected chi connectivity index (χ0v) is 12.8. The van der Waals surface area contributed by atoms with Crippen LogP contribution in [0.2, 0.25) is 10.0 Å². The van der Waals surface area contributed by atoms with Crippen molar-refractivity contribution in [3.63, 3.8) is 0 Å². The molecule has 1 atom stereocenters. The Labute approximate surface area is 124 Å². The van der Waals surface area contributed by atoms with Crippen molar-refractivity contribution in [3.05, 3.63) is 33.8 Å². The third kappa shape index (κ3) is 5.81. The summed E-state index contributed by atoms with van der Waals surface area (Å²) in [5.41, 5.74) is 6.75. The molecule has 106 valence electrons. The summed E-state index contributed by atoms with van der Waals surface area (Å²) in [7, 11) is 0. The zero-order valence-electron chi connectivity index (χ0n) is 11.2. The van der Waals surface area contributed by atoms with Gasteiger partial charge in [-0.3, -0.25) is 4.79 Å². The molecule has 3 N–H and O–H groups in total. The summed E-state index contributed by atoms with van der Waals surface area (Å²) in [6.07, 6.45) is 1.35. The van der Waals surface area contributed by atoms with Crippen LogP contribution in [0.5, 0.6) is 0 Å². The zero-order chi connectivity index (χ0) is 14.4. The van der Waals surface area contributed by atoms with E-state index in [2.05, 4.69) is 5.32 Å². The molecule has 5 heteroatoms. The molecule has 0 aliphatic heterocycles. The molecule has 0 heterocycles. The maximum atomic E-state index is 11.7. The lowest BCUT2D eigenvalue weighted by atomic mass is 10.0. The van der Waals surface area contributed by atoms with Crippen molar-refractivity contribution in [3.8, 4) is 0 Å². The monoisotopic (exact) mass is 302 g/mol. The van der Waals surface area contributed by atoms with Crippen LogP contribution >= 0.6 is 23.2 Å². The third-order valence-electron chi connectivity index (χ3n) is 2.77. The normalized spacial score (nSPS) is 12.5. The Morgan fingerprint density at radius 2 is 2.05 bits per heavy atom. The van der Waals surface area contributed by atoms with Gasteiger partial charge in [0.05, 0.1) is 6.04 Å². The van der Waals surface area contributed by atoms with Crippen LogP contribution in [0.15, 0.2) is 18.2 Å². The van der Waals surface area contributed by atoms with Crippen molar-refractivity contribution in [2.75, 3.05) is 6.54 Å². The Morgan fingerprint density at radius 1 is 1.37 bits per heavy atom. The van der Waals surface area contributed by atoms with E-state index in [0.717, 1.165) is 5.56 Å². The number of amides is 1. The van der Waals surface area contributed by atoms with Crippen LogP contribution < -0.4 is 11.1 Å². The van der Waals surface area contributed by atoms with Crippen molar-refractivity contribution in [2.24, 2.45) is 11.7 Å². The fourth-order valence-electron chi connectivity index (χ4n) is 1.79. The van der Waals surface area contributed by atoms with Crippen molar-refractivity contribution in [1.29, 1.82) is 0 Å². The molecule has 0 saturated heterocycles. The maximum absolute atomic E-state index is 11.7. The molecular weight excluding hydrogens is 283 g/mol. The number of carbonyl (C=O) groups excluding carboxylic acids is 1. The molecule has 0 fully saturated rings. The lowest BCUT2D eigenvalue weighted by Gasteiger charge is -2.14. The predicted molar refractivity (Wildman–Crippen MR) is 80.6 cm³/mol. The molecule has 1 aromatic rings. The molecule has 1 rings (SSSR count). The highest BCUT2D eigenvalue weighted by Gasteiger charge is 2.14. The first-order chi connectivity index (χ1) is 8.90. The number of hydrogen-bond donors (Lipinski definition) is 2. The first-order valence-electron chi connectivity index (χ1n) is 6.37. The molecule has 19 heavy (non-hydrogen) atoms. The van der Waals surface area contributed by atoms with Gasteiger partial charge in [0.15, 0.2) is 0 Å². The summed E-state index contributed by atoms with van der Waals surface area (Å²) in [6.45, 7) is 4.60. The summed E-state index contributed by atoms with van der Waals surface area (Å²) >= 11 is 11.9. The number of nitrogens with two attached hydrogens (primary N) is 1. The van der Waals surface area contributed by atoms with Gasteiger partial charge in [0.1, 0.15) is 0 Å². The van der Waals surface area contributed by atoms with Crippen molar-refractivity contribution in [1.82, 2.24) is 5.32 Å². The van der Waals surface area contributed by atoms with Gasteiger partial charge in [0.25, 0.3) is 0 Å². The topological polar surface area (TPSA) is 55.1 Å². The fourth-order valence-corrected chi connectivity index (χ4v) is 2.29. The molecule has 0 bridgehead atoms. The van der Waals surface area contributed by atoms with Crippen LogP contribution in [0.3, 0.4) is 0 Å². The quantitative estimate of drug-likeness (QED) is 0.848. The molecular formula is C14H20Cl2N2O. The van der Waals surface area contributed by atoms with Gasteiger partial charge < -0.3 is 11.1 Å². The van der Waals surface area contributed by atoms with E-state index in [1.165, 1.54) is 0 Å². The highest BCUT2D eigenvalue weighted by molar-refractivity contribution is 6.35. The second kappa shape index (κ2) is 7.73. The van der Waals surface area contributed by atoms with E-state index >= 15 is 0 Å². The number of carbonyl (C=O) groups is 1. The van der Waals surface area contributed by atoms with E-state index in [1.54, 1.807) is 12.1 Å². The molecule has 0 aliphatic rings. The highest BCUT2D eigenvalue weighted by atomic mass is 35.5. The van der Waals surface area contributed by atoms with Gasteiger partial charge >= 0.3 is 0 Å². The second-order valence-electron chi connectivity index (χ2n) is 5.01. The smallest absolute Gasteiger partial charge is 0.236 e. The van der Waals surface area contributed by atoms with Gasteiger partial charge in [-0.1, -0.05) is 43.1 Å². The summed E-state index contributed by atoms with van der Waals surface area (Å²) in [5.74, 6) is 0.297. The molecule has 0 aromatic heterocycles. The number of halogens is 2. The van der Waals surface area contributed by atoms with Gasteiger partial charge in [-0.25, -0.2) is 0 Å². The highest BCUT2D eigenvalue weighted by Crippen LogP contribution is 2.21. The number of rotatable bonds is 6. The van der Waals surface area contributed by atoms with Crippen LogP contribution in [-0.2, 0) is 11.2 Å². The Balaban J connectivity index is 2.39. The predicted octanol–water partition coefficient (Wildman–Crippen LogP) is 3.03. The van der Waals surface area contributed by atoms with Crippen LogP contribution in [0, 0.1) is 5.92 Å². The molecule has 0 unspecified atom stereocenters. The number of hydrogen-bond acceptors (Lipinski definition) is 2. The van der Waals surface area contributed by atoms with Gasteiger partial charge in [-0.2, -0.15) is 0 Å². The van der Waals surface area contributed by atoms with E-state index in [1.807, 2.05) is 19.9 Å². The first-order valence-corrected chi connectivity index (χ1v) is 7.13. The average molecular weight is 303 g/mol. The Bertz CT molecular complexity index is 435. The number of benzene rings is 1. The van der Waals surface area contributed by atoms with Gasteiger partial charge in [0, 0.05) is 16.6 Å². The standard InChI is InChI=1S/C14H20Cl2N2O/c1-9(2)7-13(17)14(19)18-6-5-10-3-4-11(15)8-12(10)16/h3-4,8-9,13H,5-7,17H2,1-2H3,(H,18,19)/t13-/m0/s1.